The van der Waals surface area contributed by atoms with Crippen molar-refractivity contribution in [2.75, 3.05) is 11.6 Å². The second-order valence-corrected chi connectivity index (χ2v) is 7.02. The zero-order valence-electron chi connectivity index (χ0n) is 16.6. The Morgan fingerprint density at radius 1 is 1.16 bits per heavy atom. The normalized spacial score (nSPS) is 11.8. The van der Waals surface area contributed by atoms with Crippen LogP contribution in [-0.4, -0.2) is 40.4 Å². The number of nitrogens with zero attached hydrogens (tertiary/aromatic N) is 2. The Balaban J connectivity index is 1.68. The zero-order chi connectivity index (χ0) is 22.4. The molecule has 1 heterocycles. The highest BCUT2D eigenvalue weighted by atomic mass is 32.2. The van der Waals surface area contributed by atoms with Gasteiger partial charge < -0.3 is 14.8 Å². The van der Waals surface area contributed by atoms with Gasteiger partial charge in [0.15, 0.2) is 11.3 Å². The second kappa shape index (κ2) is 10.1. The number of amides is 1. The molecule has 0 bridgehead atoms. The molecular formula is C21H19F2N3O4S. The molecule has 1 N–H and O–H groups in total. The van der Waals surface area contributed by atoms with Gasteiger partial charge in [0.2, 0.25) is 0 Å². The minimum atomic E-state index is -3.04. The molecule has 10 heteroatoms. The summed E-state index contributed by atoms with van der Waals surface area (Å²) in [5.74, 6) is -1.58. The number of carbonyl (C=O) groups is 2. The third-order valence-electron chi connectivity index (χ3n) is 4.16. The minimum Gasteiger partial charge on any atom is -0.449 e. The molecule has 31 heavy (non-hydrogen) atoms. The van der Waals surface area contributed by atoms with Gasteiger partial charge in [0.1, 0.15) is 5.75 Å². The van der Waals surface area contributed by atoms with Crippen LogP contribution < -0.4 is 10.1 Å². The number of esters is 1. The van der Waals surface area contributed by atoms with Crippen LogP contribution in [0.1, 0.15) is 17.3 Å². The second-order valence-electron chi connectivity index (χ2n) is 6.25. The van der Waals surface area contributed by atoms with Gasteiger partial charge in [0.05, 0.1) is 11.3 Å². The van der Waals surface area contributed by atoms with Crippen molar-refractivity contribution >= 4 is 29.3 Å². The average Bonchev–Trinajstić information content (AvgIpc) is 3.23. The minimum absolute atomic E-state index is 0.0439. The van der Waals surface area contributed by atoms with E-state index >= 15 is 0 Å². The summed E-state index contributed by atoms with van der Waals surface area (Å²) in [5, 5.41) is 3.18. The van der Waals surface area contributed by atoms with Crippen LogP contribution in [-0.2, 0) is 9.53 Å². The van der Waals surface area contributed by atoms with Gasteiger partial charge in [-0.15, -0.1) is 0 Å². The Hall–Kier alpha value is -3.40. The van der Waals surface area contributed by atoms with Gasteiger partial charge in [-0.25, -0.2) is 9.78 Å². The molecule has 0 saturated heterocycles. The van der Waals surface area contributed by atoms with E-state index in [2.05, 4.69) is 15.0 Å². The monoisotopic (exact) mass is 447 g/mol. The van der Waals surface area contributed by atoms with Gasteiger partial charge in [-0.3, -0.25) is 9.36 Å². The molecule has 0 saturated carbocycles. The first-order chi connectivity index (χ1) is 14.9. The molecule has 7 nitrogen and oxygen atoms in total. The lowest BCUT2D eigenvalue weighted by Crippen LogP contribution is -2.30. The van der Waals surface area contributed by atoms with Crippen LogP contribution in [0, 0.1) is 0 Å². The number of thioether (sulfide) groups is 1. The number of anilines is 1. The lowest BCUT2D eigenvalue weighted by Gasteiger charge is -2.16. The Bertz CT molecular complexity index is 1070. The Labute approximate surface area is 181 Å². The quantitative estimate of drug-likeness (QED) is 0.408. The van der Waals surface area contributed by atoms with Crippen LogP contribution in [0.25, 0.3) is 5.69 Å². The van der Waals surface area contributed by atoms with Crippen LogP contribution in [0.5, 0.6) is 5.75 Å². The predicted molar refractivity (Wildman–Crippen MR) is 112 cm³/mol. The fourth-order valence-corrected chi connectivity index (χ4v) is 3.23. The maximum absolute atomic E-state index is 12.5. The van der Waals surface area contributed by atoms with Crippen molar-refractivity contribution in [2.45, 2.75) is 24.8 Å². The van der Waals surface area contributed by atoms with Gasteiger partial charge in [-0.05, 0) is 43.5 Å². The number of hydrogen-bond donors (Lipinski definition) is 1. The summed E-state index contributed by atoms with van der Waals surface area (Å²) in [6.45, 7) is -1.65. The fraction of sp³-hybridized carbons (Fsp3) is 0.190. The number of halogens is 2. The van der Waals surface area contributed by atoms with E-state index in [-0.39, 0.29) is 17.0 Å². The molecule has 0 aliphatic heterocycles. The van der Waals surface area contributed by atoms with E-state index in [9.17, 15) is 18.4 Å². The van der Waals surface area contributed by atoms with Crippen molar-refractivity contribution in [2.24, 2.45) is 0 Å². The van der Waals surface area contributed by atoms with Crippen LogP contribution in [0.4, 0.5) is 14.5 Å². The van der Waals surface area contributed by atoms with Crippen LogP contribution in [0.3, 0.4) is 0 Å². The summed E-state index contributed by atoms with van der Waals surface area (Å²) >= 11 is 1.46. The standard InChI is InChI=1S/C21H19F2N3O4S/c1-13(18(27)25-16-8-3-4-9-17(16)30-20(22)23)29-19(28)14-6-5-7-15(12-14)26-11-10-24-21(26)31-2/h3-13,20H,1-2H3,(H,25,27). The maximum Gasteiger partial charge on any atom is 0.387 e. The highest BCUT2D eigenvalue weighted by Gasteiger charge is 2.21. The largest absolute Gasteiger partial charge is 0.449 e. The number of para-hydroxylation sites is 2. The molecule has 0 fully saturated rings. The number of carbonyl (C=O) groups excluding carboxylic acids is 2. The molecule has 1 unspecified atom stereocenters. The number of imidazole rings is 1. The van der Waals surface area contributed by atoms with Gasteiger partial charge in [0, 0.05) is 18.1 Å². The van der Waals surface area contributed by atoms with Crippen molar-refractivity contribution in [1.82, 2.24) is 9.55 Å². The van der Waals surface area contributed by atoms with Crippen molar-refractivity contribution in [3.8, 4) is 11.4 Å². The molecule has 0 aliphatic rings. The first kappa shape index (κ1) is 22.3. The van der Waals surface area contributed by atoms with Crippen molar-refractivity contribution < 1.29 is 27.8 Å². The molecule has 3 aromatic rings. The lowest BCUT2D eigenvalue weighted by atomic mass is 10.2. The van der Waals surface area contributed by atoms with Crippen molar-refractivity contribution in [3.05, 3.63) is 66.5 Å². The van der Waals surface area contributed by atoms with Gasteiger partial charge in [0.25, 0.3) is 5.91 Å². The number of nitrogens with one attached hydrogen (secondary N) is 1. The molecule has 2 aromatic carbocycles. The fourth-order valence-electron chi connectivity index (χ4n) is 2.71. The number of hydrogen-bond acceptors (Lipinski definition) is 6. The number of ether oxygens (including phenoxy) is 2. The summed E-state index contributed by atoms with van der Waals surface area (Å²) in [7, 11) is 0. The van der Waals surface area contributed by atoms with Crippen LogP contribution in [0.2, 0.25) is 0 Å². The van der Waals surface area contributed by atoms with E-state index in [4.69, 9.17) is 4.74 Å². The van der Waals surface area contributed by atoms with Crippen LogP contribution in [0.15, 0.2) is 66.1 Å². The third kappa shape index (κ3) is 5.60. The molecule has 0 spiro atoms. The SMILES string of the molecule is CSc1nccn1-c1cccc(C(=O)OC(C)C(=O)Nc2ccccc2OC(F)F)c1. The Morgan fingerprint density at radius 2 is 1.94 bits per heavy atom. The molecule has 0 aliphatic carbocycles. The highest BCUT2D eigenvalue weighted by molar-refractivity contribution is 7.98. The lowest BCUT2D eigenvalue weighted by molar-refractivity contribution is -0.123. The number of aromatic nitrogens is 2. The number of alkyl halides is 2. The predicted octanol–water partition coefficient (Wildman–Crippen LogP) is 4.38. The molecule has 1 amide bonds. The summed E-state index contributed by atoms with van der Waals surface area (Å²) in [4.78, 5) is 29.2. The number of rotatable bonds is 8. The summed E-state index contributed by atoms with van der Waals surface area (Å²) in [6.07, 6.45) is 4.14. The van der Waals surface area contributed by atoms with E-state index in [1.807, 2.05) is 16.9 Å². The first-order valence-electron chi connectivity index (χ1n) is 9.12. The summed E-state index contributed by atoms with van der Waals surface area (Å²) < 4.78 is 36.5. The Kier molecular flexibility index (Phi) is 7.24. The van der Waals surface area contributed by atoms with E-state index < -0.39 is 24.6 Å². The third-order valence-corrected chi connectivity index (χ3v) is 4.83. The van der Waals surface area contributed by atoms with Gasteiger partial charge in [-0.1, -0.05) is 30.0 Å². The van der Waals surface area contributed by atoms with E-state index in [0.717, 1.165) is 5.16 Å². The molecular weight excluding hydrogens is 428 g/mol. The van der Waals surface area contributed by atoms with E-state index in [0.29, 0.717) is 5.69 Å². The summed E-state index contributed by atoms with van der Waals surface area (Å²) in [6, 6.07) is 12.4. The van der Waals surface area contributed by atoms with Crippen molar-refractivity contribution in [1.29, 1.82) is 0 Å². The maximum atomic E-state index is 12.5. The smallest absolute Gasteiger partial charge is 0.387 e. The van der Waals surface area contributed by atoms with Gasteiger partial charge >= 0.3 is 12.6 Å². The molecule has 162 valence electrons. The molecule has 0 radical (unpaired) electrons. The zero-order valence-corrected chi connectivity index (χ0v) is 17.4. The van der Waals surface area contributed by atoms with Crippen LogP contribution >= 0.6 is 11.8 Å². The van der Waals surface area contributed by atoms with Gasteiger partial charge in [-0.2, -0.15) is 8.78 Å². The Morgan fingerprint density at radius 3 is 2.68 bits per heavy atom. The van der Waals surface area contributed by atoms with E-state index in [1.54, 1.807) is 36.7 Å². The molecule has 1 atom stereocenters. The average molecular weight is 447 g/mol. The molecule has 3 rings (SSSR count). The molecule has 1 aromatic heterocycles. The van der Waals surface area contributed by atoms with Crippen molar-refractivity contribution in [3.63, 3.8) is 0 Å². The number of benzene rings is 2. The first-order valence-corrected chi connectivity index (χ1v) is 10.3. The topological polar surface area (TPSA) is 82.5 Å². The van der Waals surface area contributed by atoms with E-state index in [1.165, 1.54) is 36.9 Å². The summed E-state index contributed by atoms with van der Waals surface area (Å²) in [5.41, 5.74) is 1.01. The highest BCUT2D eigenvalue weighted by Crippen LogP contribution is 2.26.